The average Bonchev–Trinajstić information content (AvgIpc) is 3.17. The number of carbonyl (C=O) groups is 2. The Labute approximate surface area is 180 Å². The normalized spacial score (nSPS) is 15.6. The van der Waals surface area contributed by atoms with E-state index in [1.807, 2.05) is 23.1 Å². The molecule has 1 aromatic carbocycles. The summed E-state index contributed by atoms with van der Waals surface area (Å²) >= 11 is 1.26. The Bertz CT molecular complexity index is 967. The summed E-state index contributed by atoms with van der Waals surface area (Å²) in [4.78, 5) is 26.2. The van der Waals surface area contributed by atoms with Gasteiger partial charge in [0, 0.05) is 26.2 Å². The van der Waals surface area contributed by atoms with Crippen molar-refractivity contribution in [3.8, 4) is 0 Å². The molecule has 3 rings (SSSR count). The van der Waals surface area contributed by atoms with Gasteiger partial charge in [-0.1, -0.05) is 30.3 Å². The van der Waals surface area contributed by atoms with E-state index in [0.717, 1.165) is 5.56 Å². The molecule has 0 radical (unpaired) electrons. The van der Waals surface area contributed by atoms with E-state index in [1.54, 1.807) is 30.5 Å². The minimum absolute atomic E-state index is 0.0245. The molecule has 0 spiro atoms. The van der Waals surface area contributed by atoms with Crippen molar-refractivity contribution >= 4 is 38.2 Å². The molecule has 1 N–H and O–H groups in total. The fourth-order valence-corrected chi connectivity index (χ4v) is 5.49. The Morgan fingerprint density at radius 3 is 2.47 bits per heavy atom. The lowest BCUT2D eigenvalue weighted by Gasteiger charge is -2.33. The first-order valence-corrected chi connectivity index (χ1v) is 12.2. The maximum absolute atomic E-state index is 12.6. The van der Waals surface area contributed by atoms with Gasteiger partial charge >= 0.3 is 5.97 Å². The maximum atomic E-state index is 12.6. The number of rotatable bonds is 8. The van der Waals surface area contributed by atoms with E-state index < -0.39 is 16.0 Å². The fraction of sp³-hybridized carbons (Fsp3) is 0.400. The van der Waals surface area contributed by atoms with Crippen LogP contribution in [0.4, 0.5) is 5.00 Å². The molecule has 1 aromatic heterocycles. The SMILES string of the molecule is CCOC(=O)c1ccsc1NC(=O)CN1CCN(S(=O)(=O)Cc2ccccc2)CC1. The van der Waals surface area contributed by atoms with Crippen LogP contribution in [-0.2, 0) is 25.3 Å². The zero-order valence-electron chi connectivity index (χ0n) is 16.7. The molecule has 0 unspecified atom stereocenters. The Balaban J connectivity index is 1.49. The Morgan fingerprint density at radius 2 is 1.80 bits per heavy atom. The molecular weight excluding hydrogens is 426 g/mol. The molecule has 0 saturated carbocycles. The van der Waals surface area contributed by atoms with E-state index in [2.05, 4.69) is 5.32 Å². The smallest absolute Gasteiger partial charge is 0.341 e. The number of esters is 1. The van der Waals surface area contributed by atoms with Crippen LogP contribution in [0, 0.1) is 0 Å². The molecular formula is C20H25N3O5S2. The number of ether oxygens (including phenoxy) is 1. The largest absolute Gasteiger partial charge is 0.462 e. The van der Waals surface area contributed by atoms with Crippen molar-refractivity contribution < 1.29 is 22.7 Å². The summed E-state index contributed by atoms with van der Waals surface area (Å²) < 4.78 is 31.7. The maximum Gasteiger partial charge on any atom is 0.341 e. The lowest BCUT2D eigenvalue weighted by Crippen LogP contribution is -2.50. The molecule has 0 bridgehead atoms. The van der Waals surface area contributed by atoms with Gasteiger partial charge in [-0.05, 0) is 23.9 Å². The topological polar surface area (TPSA) is 96.0 Å². The van der Waals surface area contributed by atoms with Crippen LogP contribution in [0.3, 0.4) is 0 Å². The van der Waals surface area contributed by atoms with E-state index in [-0.39, 0.29) is 24.8 Å². The van der Waals surface area contributed by atoms with Crippen molar-refractivity contribution in [3.63, 3.8) is 0 Å². The Hall–Kier alpha value is -2.27. The van der Waals surface area contributed by atoms with E-state index >= 15 is 0 Å². The van der Waals surface area contributed by atoms with Crippen LogP contribution in [-0.4, -0.2) is 68.8 Å². The van der Waals surface area contributed by atoms with Crippen LogP contribution in [0.2, 0.25) is 0 Å². The van der Waals surface area contributed by atoms with Gasteiger partial charge < -0.3 is 10.1 Å². The highest BCUT2D eigenvalue weighted by Crippen LogP contribution is 2.24. The van der Waals surface area contributed by atoms with Gasteiger partial charge in [-0.2, -0.15) is 4.31 Å². The van der Waals surface area contributed by atoms with E-state index in [1.165, 1.54) is 15.6 Å². The predicted molar refractivity (Wildman–Crippen MR) is 116 cm³/mol. The molecule has 8 nitrogen and oxygen atoms in total. The van der Waals surface area contributed by atoms with Gasteiger partial charge in [0.25, 0.3) is 0 Å². The number of hydrogen-bond acceptors (Lipinski definition) is 7. The van der Waals surface area contributed by atoms with Gasteiger partial charge in [0.2, 0.25) is 15.9 Å². The van der Waals surface area contributed by atoms with Crippen molar-refractivity contribution in [2.24, 2.45) is 0 Å². The molecule has 2 aromatic rings. The van der Waals surface area contributed by atoms with Crippen LogP contribution >= 0.6 is 11.3 Å². The molecule has 30 heavy (non-hydrogen) atoms. The van der Waals surface area contributed by atoms with Crippen LogP contribution in [0.25, 0.3) is 0 Å². The minimum atomic E-state index is -3.39. The number of sulfonamides is 1. The summed E-state index contributed by atoms with van der Waals surface area (Å²) in [5.74, 6) is -0.738. The van der Waals surface area contributed by atoms with Gasteiger partial charge in [0.05, 0.1) is 24.5 Å². The molecule has 10 heteroatoms. The van der Waals surface area contributed by atoms with Crippen molar-refractivity contribution in [1.82, 2.24) is 9.21 Å². The Kier molecular flexibility index (Phi) is 7.59. The number of amides is 1. The van der Waals surface area contributed by atoms with Crippen molar-refractivity contribution in [2.75, 3.05) is 44.6 Å². The number of nitrogens with one attached hydrogen (secondary N) is 1. The fourth-order valence-electron chi connectivity index (χ4n) is 3.19. The second-order valence-corrected chi connectivity index (χ2v) is 9.73. The number of hydrogen-bond donors (Lipinski definition) is 1. The van der Waals surface area contributed by atoms with Gasteiger partial charge in [-0.15, -0.1) is 11.3 Å². The van der Waals surface area contributed by atoms with Gasteiger partial charge in [-0.3, -0.25) is 9.69 Å². The highest BCUT2D eigenvalue weighted by atomic mass is 32.2. The highest BCUT2D eigenvalue weighted by Gasteiger charge is 2.28. The third-order valence-electron chi connectivity index (χ3n) is 4.70. The predicted octanol–water partition coefficient (Wildman–Crippen LogP) is 2.01. The standard InChI is InChI=1S/C20H25N3O5S2/c1-2-28-20(25)17-8-13-29-19(17)21-18(24)14-22-9-11-23(12-10-22)30(26,27)15-16-6-4-3-5-7-16/h3-8,13H,2,9-12,14-15H2,1H3,(H,21,24). The summed E-state index contributed by atoms with van der Waals surface area (Å²) in [6, 6.07) is 10.7. The van der Waals surface area contributed by atoms with E-state index in [4.69, 9.17) is 4.74 Å². The van der Waals surface area contributed by atoms with Gasteiger partial charge in [0.1, 0.15) is 5.00 Å². The monoisotopic (exact) mass is 451 g/mol. The van der Waals surface area contributed by atoms with Crippen molar-refractivity contribution in [1.29, 1.82) is 0 Å². The van der Waals surface area contributed by atoms with Crippen molar-refractivity contribution in [2.45, 2.75) is 12.7 Å². The molecule has 0 aliphatic carbocycles. The van der Waals surface area contributed by atoms with Crippen LogP contribution < -0.4 is 5.32 Å². The molecule has 1 aliphatic rings. The molecule has 1 amide bonds. The molecule has 162 valence electrons. The summed E-state index contributed by atoms with van der Waals surface area (Å²) in [7, 11) is -3.39. The summed E-state index contributed by atoms with van der Waals surface area (Å²) in [6.45, 7) is 3.74. The third kappa shape index (κ3) is 5.88. The first-order chi connectivity index (χ1) is 14.4. The van der Waals surface area contributed by atoms with E-state index in [9.17, 15) is 18.0 Å². The number of nitrogens with zero attached hydrogens (tertiary/aromatic N) is 2. The van der Waals surface area contributed by atoms with Gasteiger partial charge in [0.15, 0.2) is 0 Å². The second kappa shape index (κ2) is 10.2. The third-order valence-corrected chi connectivity index (χ3v) is 7.38. The molecule has 2 heterocycles. The lowest BCUT2D eigenvalue weighted by atomic mass is 10.2. The zero-order chi connectivity index (χ0) is 21.6. The Morgan fingerprint density at radius 1 is 1.10 bits per heavy atom. The number of benzene rings is 1. The minimum Gasteiger partial charge on any atom is -0.462 e. The van der Waals surface area contributed by atoms with Crippen molar-refractivity contribution in [3.05, 3.63) is 52.9 Å². The summed E-state index contributed by atoms with van der Waals surface area (Å²) in [6.07, 6.45) is 0. The number of carbonyl (C=O) groups excluding carboxylic acids is 2. The summed E-state index contributed by atoms with van der Waals surface area (Å²) in [5, 5.41) is 4.94. The average molecular weight is 452 g/mol. The zero-order valence-corrected chi connectivity index (χ0v) is 18.4. The molecule has 1 saturated heterocycles. The first kappa shape index (κ1) is 22.4. The van der Waals surface area contributed by atoms with Gasteiger partial charge in [-0.25, -0.2) is 13.2 Å². The summed E-state index contributed by atoms with van der Waals surface area (Å²) in [5.41, 5.74) is 1.10. The van der Waals surface area contributed by atoms with E-state index in [0.29, 0.717) is 36.7 Å². The quantitative estimate of drug-likeness (QED) is 0.617. The van der Waals surface area contributed by atoms with Crippen LogP contribution in [0.15, 0.2) is 41.8 Å². The van der Waals surface area contributed by atoms with Crippen LogP contribution in [0.1, 0.15) is 22.8 Å². The highest BCUT2D eigenvalue weighted by molar-refractivity contribution is 7.88. The first-order valence-electron chi connectivity index (χ1n) is 9.67. The molecule has 1 aliphatic heterocycles. The number of thiophene rings is 1. The second-order valence-electron chi connectivity index (χ2n) is 6.85. The number of anilines is 1. The number of piperazine rings is 1. The van der Waals surface area contributed by atoms with Crippen LogP contribution in [0.5, 0.6) is 0 Å². The molecule has 1 fully saturated rings. The lowest BCUT2D eigenvalue weighted by molar-refractivity contribution is -0.117. The molecule has 0 atom stereocenters.